The van der Waals surface area contributed by atoms with Gasteiger partial charge in [-0.15, -0.1) is 0 Å². The summed E-state index contributed by atoms with van der Waals surface area (Å²) in [6, 6.07) is 12.4. The predicted octanol–water partition coefficient (Wildman–Crippen LogP) is 4.55. The fourth-order valence-corrected chi connectivity index (χ4v) is 4.03. The summed E-state index contributed by atoms with van der Waals surface area (Å²) in [5, 5.41) is 0. The fraction of sp³-hybridized carbons (Fsp3) is 0.188. The van der Waals surface area contributed by atoms with Crippen LogP contribution in [0.2, 0.25) is 0 Å². The molecule has 0 aliphatic heterocycles. The van der Waals surface area contributed by atoms with Gasteiger partial charge in [-0.3, -0.25) is 0 Å². The first-order chi connectivity index (χ1) is 10.5. The third-order valence-corrected chi connectivity index (χ3v) is 5.03. The van der Waals surface area contributed by atoms with E-state index < -0.39 is 13.5 Å². The van der Waals surface area contributed by atoms with Crippen LogP contribution in [-0.4, -0.2) is 18.8 Å². The number of anilines is 1. The molecule has 0 unspecified atom stereocenters. The Balaban J connectivity index is 2.32. The molecule has 0 heterocycles. The number of nitrogens with zero attached hydrogens (tertiary/aromatic N) is 1. The van der Waals surface area contributed by atoms with Crippen LogP contribution in [0.4, 0.5) is 10.1 Å². The summed E-state index contributed by atoms with van der Waals surface area (Å²) in [6.07, 6.45) is 0. The molecule has 0 saturated carbocycles. The Morgan fingerprint density at radius 1 is 1.23 bits per heavy atom. The number of rotatable bonds is 5. The van der Waals surface area contributed by atoms with Crippen LogP contribution in [0.3, 0.4) is 0 Å². The molecule has 0 aliphatic rings. The number of ether oxygens (including phenoxy) is 1. The molecule has 2 aromatic carbocycles. The van der Waals surface area contributed by atoms with Crippen LogP contribution in [0.5, 0.6) is 5.75 Å². The average Bonchev–Trinajstić information content (AvgIpc) is 2.49. The van der Waals surface area contributed by atoms with E-state index in [1.807, 2.05) is 36.2 Å². The van der Waals surface area contributed by atoms with E-state index in [2.05, 4.69) is 0 Å². The number of para-hydroxylation sites is 2. The number of halogens is 3. The third-order valence-electron chi connectivity index (χ3n) is 3.20. The molecule has 0 radical (unpaired) electrons. The van der Waals surface area contributed by atoms with Gasteiger partial charge in [0.1, 0.15) is 0 Å². The molecule has 0 aromatic heterocycles. The molecule has 0 fully saturated rings. The number of hydrogen-bond acceptors (Lipinski definition) is 2. The van der Waals surface area contributed by atoms with E-state index in [4.69, 9.17) is 24.1 Å². The van der Waals surface area contributed by atoms with Crippen molar-refractivity contribution in [3.05, 3.63) is 59.4 Å². The number of benzene rings is 2. The van der Waals surface area contributed by atoms with E-state index in [0.29, 0.717) is 6.54 Å². The summed E-state index contributed by atoms with van der Waals surface area (Å²) in [5.74, 6) is 0.499. The molecule has 0 aliphatic carbocycles. The normalized spacial score (nSPS) is 11.0. The second kappa shape index (κ2) is 8.05. The zero-order valence-corrected chi connectivity index (χ0v) is 15.4. The van der Waals surface area contributed by atoms with Crippen molar-refractivity contribution in [1.82, 2.24) is 0 Å². The van der Waals surface area contributed by atoms with Gasteiger partial charge in [-0.05, 0) is 0 Å². The molecule has 120 valence electrons. The van der Waals surface area contributed by atoms with E-state index in [1.54, 1.807) is 17.8 Å². The van der Waals surface area contributed by atoms with Gasteiger partial charge in [-0.1, -0.05) is 0 Å². The van der Waals surface area contributed by atoms with E-state index in [9.17, 15) is 4.39 Å². The monoisotopic (exact) mass is 429 g/mol. The zero-order valence-electron chi connectivity index (χ0n) is 12.2. The molecule has 0 amide bonds. The van der Waals surface area contributed by atoms with Crippen LogP contribution in [0.25, 0.3) is 0 Å². The Morgan fingerprint density at radius 2 is 1.95 bits per heavy atom. The zero-order chi connectivity index (χ0) is 16.1. The molecule has 0 atom stereocenters. The third kappa shape index (κ3) is 4.52. The number of hydrogen-bond donors (Lipinski definition) is 0. The quantitative estimate of drug-likeness (QED) is 0.647. The van der Waals surface area contributed by atoms with Crippen LogP contribution < -0.4 is 9.64 Å². The van der Waals surface area contributed by atoms with Crippen LogP contribution in [0, 0.1) is 5.82 Å². The second-order valence-electron chi connectivity index (χ2n) is 4.68. The molecular weight excluding hydrogens is 413 g/mol. The van der Waals surface area contributed by atoms with Gasteiger partial charge in [0.2, 0.25) is 0 Å². The van der Waals surface area contributed by atoms with Crippen LogP contribution in [0.1, 0.15) is 11.1 Å². The van der Waals surface area contributed by atoms with Crippen molar-refractivity contribution < 1.29 is 22.6 Å². The molecule has 0 saturated heterocycles. The minimum absolute atomic E-state index is 0.293. The summed E-state index contributed by atoms with van der Waals surface area (Å²) >= 11 is -2.01. The van der Waals surface area contributed by atoms with Gasteiger partial charge >= 0.3 is 143 Å². The van der Waals surface area contributed by atoms with E-state index in [0.717, 1.165) is 22.6 Å². The Morgan fingerprint density at radius 3 is 2.64 bits per heavy atom. The summed E-state index contributed by atoms with van der Waals surface area (Å²) in [5.41, 5.74) is 2.69. The molecule has 2 aromatic rings. The first kappa shape index (κ1) is 17.4. The summed E-state index contributed by atoms with van der Waals surface area (Å²) < 4.78 is 20.6. The summed E-state index contributed by atoms with van der Waals surface area (Å²) in [6.45, 7) is 0.599. The van der Waals surface area contributed by atoms with Crippen molar-refractivity contribution in [2.75, 3.05) is 19.1 Å². The number of methoxy groups -OCH3 is 1. The summed E-state index contributed by atoms with van der Waals surface area (Å²) in [7, 11) is 15.5. The molecule has 2 rings (SSSR count). The maximum atomic E-state index is 13.5. The van der Waals surface area contributed by atoms with Gasteiger partial charge < -0.3 is 0 Å². The Labute approximate surface area is 142 Å². The van der Waals surface area contributed by atoms with Gasteiger partial charge in [-0.25, -0.2) is 0 Å². The van der Waals surface area contributed by atoms with Crippen LogP contribution >= 0.6 is 19.4 Å². The van der Waals surface area contributed by atoms with Crippen molar-refractivity contribution >= 4 is 29.7 Å². The van der Waals surface area contributed by atoms with Crippen LogP contribution in [0.15, 0.2) is 42.5 Å². The van der Waals surface area contributed by atoms with Crippen molar-refractivity contribution in [3.8, 4) is 5.75 Å². The molecule has 0 spiro atoms. The first-order valence-electron chi connectivity index (χ1n) is 6.47. The Bertz CT molecular complexity index is 690. The molecule has 2 nitrogen and oxygen atoms in total. The Hall–Kier alpha value is -0.957. The van der Waals surface area contributed by atoms with E-state index >= 15 is 0 Å². The van der Waals surface area contributed by atoms with Crippen molar-refractivity contribution in [2.45, 2.75) is 6.54 Å². The minimum atomic E-state index is -2.01. The maximum absolute atomic E-state index is 13.5. The Kier molecular flexibility index (Phi) is 6.37. The predicted molar refractivity (Wildman–Crippen MR) is 88.4 cm³/mol. The molecule has 0 bridgehead atoms. The van der Waals surface area contributed by atoms with Crippen LogP contribution in [-0.2, 0) is 20.1 Å². The molecule has 6 heteroatoms. The van der Waals surface area contributed by atoms with Gasteiger partial charge in [-0.2, -0.15) is 0 Å². The second-order valence-corrected chi connectivity index (χ2v) is 10.4. The standard InChI is InChI=1S/C16H16FNO.2ClH.Ru/c1-12-10-14(17)9-8-13(12)11-18(2)15-6-4-5-7-16(15)19-3;;;/h1,4-10H,11H2,2-3H3;2*1H;/q;;;+2/p-2. The van der Waals surface area contributed by atoms with Gasteiger partial charge in [0.25, 0.3) is 0 Å². The van der Waals surface area contributed by atoms with Crippen molar-refractivity contribution in [2.24, 2.45) is 0 Å². The summed E-state index contributed by atoms with van der Waals surface area (Å²) in [4.78, 5) is 2.04. The first-order valence-corrected chi connectivity index (χ1v) is 11.9. The van der Waals surface area contributed by atoms with Gasteiger partial charge in [0.05, 0.1) is 0 Å². The van der Waals surface area contributed by atoms with Gasteiger partial charge in [0.15, 0.2) is 0 Å². The van der Waals surface area contributed by atoms with Gasteiger partial charge in [0, 0.05) is 0 Å². The van der Waals surface area contributed by atoms with Crippen molar-refractivity contribution in [1.29, 1.82) is 0 Å². The SMILES string of the molecule is COc1ccccc1N(C)Cc1ccc(F)cc1[CH]=[Ru]([Cl])[Cl]. The molecular formula is C16H16Cl2FNORu. The van der Waals surface area contributed by atoms with E-state index in [-0.39, 0.29) is 5.82 Å². The topological polar surface area (TPSA) is 12.5 Å². The molecule has 0 N–H and O–H groups in total. The van der Waals surface area contributed by atoms with Crippen molar-refractivity contribution in [3.63, 3.8) is 0 Å². The average molecular weight is 429 g/mol. The van der Waals surface area contributed by atoms with E-state index in [1.165, 1.54) is 12.1 Å². The molecule has 22 heavy (non-hydrogen) atoms. The fourth-order valence-electron chi connectivity index (χ4n) is 2.17.